The highest BCUT2D eigenvalue weighted by Gasteiger charge is 2.39. The standard InChI is InChI=1S/C15H20N2O/c1-3-15(12(2)18,14-16-9-10-17-14)11-13-7-5-4-6-8-13/h3-8,12,18H,1,9-11H2,2H3,(H,16,17). The molecule has 1 aliphatic heterocycles. The molecule has 0 fully saturated rings. The normalized spacial score (nSPS) is 19.6. The van der Waals surface area contributed by atoms with Crippen molar-refractivity contribution < 1.29 is 5.11 Å². The van der Waals surface area contributed by atoms with Crippen LogP contribution in [0.25, 0.3) is 0 Å². The number of aliphatic imine (C=N–C) groups is 1. The second-order valence-corrected chi connectivity index (χ2v) is 4.74. The summed E-state index contributed by atoms with van der Waals surface area (Å²) in [6.45, 7) is 7.32. The summed E-state index contributed by atoms with van der Waals surface area (Å²) >= 11 is 0. The Morgan fingerprint density at radius 2 is 2.22 bits per heavy atom. The number of nitrogens with zero attached hydrogens (tertiary/aromatic N) is 1. The molecule has 96 valence electrons. The van der Waals surface area contributed by atoms with Crippen LogP contribution in [-0.4, -0.2) is 30.1 Å². The number of hydrogen-bond donors (Lipinski definition) is 2. The van der Waals surface area contributed by atoms with Gasteiger partial charge in [-0.1, -0.05) is 36.4 Å². The lowest BCUT2D eigenvalue weighted by Gasteiger charge is -2.34. The van der Waals surface area contributed by atoms with Gasteiger partial charge in [-0.25, -0.2) is 0 Å². The molecule has 0 bridgehead atoms. The number of aliphatic hydroxyl groups is 1. The van der Waals surface area contributed by atoms with Gasteiger partial charge in [0.05, 0.1) is 18.1 Å². The van der Waals surface area contributed by atoms with E-state index in [4.69, 9.17) is 0 Å². The van der Waals surface area contributed by atoms with Crippen molar-refractivity contribution in [2.45, 2.75) is 19.4 Å². The van der Waals surface area contributed by atoms with Crippen LogP contribution >= 0.6 is 0 Å². The van der Waals surface area contributed by atoms with E-state index in [2.05, 4.69) is 29.0 Å². The third-order valence-electron chi connectivity index (χ3n) is 3.56. The Balaban J connectivity index is 2.33. The molecule has 2 N–H and O–H groups in total. The zero-order valence-corrected chi connectivity index (χ0v) is 10.8. The molecule has 1 heterocycles. The van der Waals surface area contributed by atoms with Gasteiger partial charge in [-0.3, -0.25) is 4.99 Å². The zero-order valence-electron chi connectivity index (χ0n) is 10.8. The van der Waals surface area contributed by atoms with Crippen molar-refractivity contribution in [1.82, 2.24) is 5.32 Å². The lowest BCUT2D eigenvalue weighted by atomic mass is 9.76. The van der Waals surface area contributed by atoms with Crippen LogP contribution in [0.5, 0.6) is 0 Å². The van der Waals surface area contributed by atoms with Crippen molar-refractivity contribution in [2.75, 3.05) is 13.1 Å². The van der Waals surface area contributed by atoms with Crippen LogP contribution in [0.15, 0.2) is 48.0 Å². The molecule has 1 aromatic carbocycles. The van der Waals surface area contributed by atoms with Gasteiger partial charge in [0.1, 0.15) is 5.84 Å². The minimum Gasteiger partial charge on any atom is -0.392 e. The number of hydrogen-bond acceptors (Lipinski definition) is 3. The number of nitrogens with one attached hydrogen (secondary N) is 1. The quantitative estimate of drug-likeness (QED) is 0.776. The average molecular weight is 244 g/mol. The molecule has 18 heavy (non-hydrogen) atoms. The van der Waals surface area contributed by atoms with Crippen LogP contribution in [0.4, 0.5) is 0 Å². The van der Waals surface area contributed by atoms with Crippen LogP contribution in [0, 0.1) is 5.41 Å². The maximum absolute atomic E-state index is 10.2. The van der Waals surface area contributed by atoms with E-state index in [-0.39, 0.29) is 0 Å². The van der Waals surface area contributed by atoms with Gasteiger partial charge < -0.3 is 10.4 Å². The minimum atomic E-state index is -0.528. The molecule has 0 aromatic heterocycles. The summed E-state index contributed by atoms with van der Waals surface area (Å²) in [5.41, 5.74) is 0.660. The predicted molar refractivity (Wildman–Crippen MR) is 74.8 cm³/mol. The molecule has 3 heteroatoms. The van der Waals surface area contributed by atoms with Gasteiger partial charge in [-0.15, -0.1) is 6.58 Å². The zero-order chi connectivity index (χ0) is 13.0. The highest BCUT2D eigenvalue weighted by Crippen LogP contribution is 2.31. The smallest absolute Gasteiger partial charge is 0.109 e. The summed E-state index contributed by atoms with van der Waals surface area (Å²) in [4.78, 5) is 4.47. The van der Waals surface area contributed by atoms with E-state index in [1.54, 1.807) is 6.92 Å². The van der Waals surface area contributed by atoms with Crippen molar-refractivity contribution in [1.29, 1.82) is 0 Å². The topological polar surface area (TPSA) is 44.6 Å². The maximum Gasteiger partial charge on any atom is 0.109 e. The number of rotatable bonds is 5. The van der Waals surface area contributed by atoms with Crippen LogP contribution in [-0.2, 0) is 6.42 Å². The van der Waals surface area contributed by atoms with E-state index in [1.807, 2.05) is 24.3 Å². The third kappa shape index (κ3) is 2.31. The van der Waals surface area contributed by atoms with Gasteiger partial charge in [-0.05, 0) is 18.9 Å². The average Bonchev–Trinajstić information content (AvgIpc) is 2.91. The highest BCUT2D eigenvalue weighted by atomic mass is 16.3. The van der Waals surface area contributed by atoms with E-state index in [0.717, 1.165) is 18.9 Å². The Kier molecular flexibility index (Phi) is 3.82. The van der Waals surface area contributed by atoms with Crippen molar-refractivity contribution in [3.8, 4) is 0 Å². The fourth-order valence-corrected chi connectivity index (χ4v) is 2.41. The fraction of sp³-hybridized carbons (Fsp3) is 0.400. The Hall–Kier alpha value is -1.61. The predicted octanol–water partition coefficient (Wildman–Crippen LogP) is 1.78. The van der Waals surface area contributed by atoms with Gasteiger partial charge >= 0.3 is 0 Å². The molecule has 2 atom stereocenters. The summed E-state index contributed by atoms with van der Waals surface area (Å²) in [5.74, 6) is 0.858. The molecule has 2 rings (SSSR count). The van der Waals surface area contributed by atoms with Crippen molar-refractivity contribution in [3.63, 3.8) is 0 Å². The van der Waals surface area contributed by atoms with Gasteiger partial charge in [0.2, 0.25) is 0 Å². The number of benzene rings is 1. The number of aliphatic hydroxyl groups excluding tert-OH is 1. The molecule has 0 spiro atoms. The first-order chi connectivity index (χ1) is 8.69. The summed E-state index contributed by atoms with van der Waals surface area (Å²) in [7, 11) is 0. The monoisotopic (exact) mass is 244 g/mol. The van der Waals surface area contributed by atoms with Crippen LogP contribution in [0.1, 0.15) is 12.5 Å². The van der Waals surface area contributed by atoms with E-state index in [1.165, 1.54) is 5.56 Å². The van der Waals surface area contributed by atoms with E-state index >= 15 is 0 Å². The van der Waals surface area contributed by atoms with Crippen LogP contribution < -0.4 is 5.32 Å². The second-order valence-electron chi connectivity index (χ2n) is 4.74. The first kappa shape index (κ1) is 12.8. The Bertz CT molecular complexity index is 439. The Morgan fingerprint density at radius 1 is 1.50 bits per heavy atom. The summed E-state index contributed by atoms with van der Waals surface area (Å²) < 4.78 is 0. The van der Waals surface area contributed by atoms with Crippen molar-refractivity contribution in [3.05, 3.63) is 48.6 Å². The maximum atomic E-state index is 10.2. The number of amidine groups is 1. The molecule has 2 unspecified atom stereocenters. The molecule has 0 amide bonds. The lowest BCUT2D eigenvalue weighted by Crippen LogP contribution is -2.46. The molecule has 0 saturated carbocycles. The Labute approximate surface area is 108 Å². The summed E-state index contributed by atoms with van der Waals surface area (Å²) in [6.07, 6.45) is 2.00. The first-order valence-electron chi connectivity index (χ1n) is 6.33. The van der Waals surface area contributed by atoms with Gasteiger partial charge in [0.15, 0.2) is 0 Å². The lowest BCUT2D eigenvalue weighted by molar-refractivity contribution is 0.116. The van der Waals surface area contributed by atoms with E-state index in [9.17, 15) is 5.11 Å². The summed E-state index contributed by atoms with van der Waals surface area (Å²) in [6, 6.07) is 10.1. The van der Waals surface area contributed by atoms with Crippen molar-refractivity contribution in [2.24, 2.45) is 10.4 Å². The van der Waals surface area contributed by atoms with Crippen molar-refractivity contribution >= 4 is 5.84 Å². The fourth-order valence-electron chi connectivity index (χ4n) is 2.41. The largest absolute Gasteiger partial charge is 0.392 e. The molecular weight excluding hydrogens is 224 g/mol. The SMILES string of the molecule is C=CC(Cc1ccccc1)(C1=NCCN1)C(C)O. The molecule has 1 aromatic rings. The van der Waals surface area contributed by atoms with Gasteiger partial charge in [0.25, 0.3) is 0 Å². The molecule has 0 radical (unpaired) electrons. The second kappa shape index (κ2) is 5.36. The molecule has 0 aliphatic carbocycles. The molecule has 1 aliphatic rings. The molecule has 0 saturated heterocycles. The van der Waals surface area contributed by atoms with E-state index < -0.39 is 11.5 Å². The Morgan fingerprint density at radius 3 is 2.72 bits per heavy atom. The summed E-state index contributed by atoms with van der Waals surface area (Å²) in [5, 5.41) is 13.5. The minimum absolute atomic E-state index is 0.516. The van der Waals surface area contributed by atoms with Gasteiger partial charge in [-0.2, -0.15) is 0 Å². The highest BCUT2D eigenvalue weighted by molar-refractivity contribution is 5.92. The van der Waals surface area contributed by atoms with Gasteiger partial charge in [0, 0.05) is 6.54 Å². The molecular formula is C15H20N2O. The molecule has 3 nitrogen and oxygen atoms in total. The van der Waals surface area contributed by atoms with Crippen LogP contribution in [0.3, 0.4) is 0 Å². The third-order valence-corrected chi connectivity index (χ3v) is 3.56. The van der Waals surface area contributed by atoms with E-state index in [0.29, 0.717) is 6.42 Å². The van der Waals surface area contributed by atoms with Crippen LogP contribution in [0.2, 0.25) is 0 Å². The first-order valence-corrected chi connectivity index (χ1v) is 6.33.